The first-order valence-electron chi connectivity index (χ1n) is 12.8. The Morgan fingerprint density at radius 2 is 1.71 bits per heavy atom. The first kappa shape index (κ1) is 26.1. The molecule has 2 fully saturated rings. The predicted molar refractivity (Wildman–Crippen MR) is 145 cm³/mol. The number of hydrogen-bond donors (Lipinski definition) is 1. The largest absolute Gasteiger partial charge is 0.376 e. The molecule has 0 radical (unpaired) electrons. The van der Waals surface area contributed by atoms with E-state index >= 15 is 0 Å². The van der Waals surface area contributed by atoms with Crippen LogP contribution >= 0.6 is 0 Å². The summed E-state index contributed by atoms with van der Waals surface area (Å²) in [5, 5.41) is 4.37. The number of amides is 3. The second-order valence-electron chi connectivity index (χ2n) is 9.58. The molecule has 0 aromatic heterocycles. The zero-order chi connectivity index (χ0) is 26.7. The number of anilines is 2. The van der Waals surface area contributed by atoms with E-state index in [1.807, 2.05) is 31.2 Å². The topological polar surface area (TPSA) is 105 Å². The van der Waals surface area contributed by atoms with Crippen molar-refractivity contribution in [2.45, 2.75) is 37.2 Å². The van der Waals surface area contributed by atoms with Crippen LogP contribution in [0.3, 0.4) is 0 Å². The van der Waals surface area contributed by atoms with Gasteiger partial charge in [-0.1, -0.05) is 35.9 Å². The average molecular weight is 538 g/mol. The molecule has 0 aliphatic carbocycles. The van der Waals surface area contributed by atoms with E-state index in [0.29, 0.717) is 6.54 Å². The van der Waals surface area contributed by atoms with Gasteiger partial charge in [-0.15, -0.1) is 0 Å². The van der Waals surface area contributed by atoms with Gasteiger partial charge in [0, 0.05) is 37.1 Å². The monoisotopic (exact) mass is 537 g/mol. The van der Waals surface area contributed by atoms with Crippen LogP contribution < -0.4 is 15.1 Å². The number of aryl methyl sites for hydroxylation is 1. The number of nitrogens with one attached hydrogen (secondary N) is 1. The molecule has 9 nitrogen and oxygen atoms in total. The molecule has 5 rings (SSSR count). The molecule has 0 spiro atoms. The van der Waals surface area contributed by atoms with Gasteiger partial charge in [0.2, 0.25) is 5.91 Å². The lowest BCUT2D eigenvalue weighted by Crippen LogP contribution is -2.49. The minimum absolute atomic E-state index is 0.0212. The molecule has 2 saturated heterocycles. The standard InChI is InChI=1S/C28H31N3O6S/c1-20-5-8-24(9-6-20)38(34,35)37-18-17-36-23-11-14-30(15-12-23)22-7-10-25-21(19-22)3-2-4-26(25)31-16-13-27(32)29-28(31)33/h2-10,19,23H,11-18H2,1H3,(H,29,32,33). The van der Waals surface area contributed by atoms with E-state index < -0.39 is 16.1 Å². The van der Waals surface area contributed by atoms with Gasteiger partial charge in [-0.3, -0.25) is 19.2 Å². The maximum atomic E-state index is 12.3. The molecular weight excluding hydrogens is 506 g/mol. The van der Waals surface area contributed by atoms with Crippen LogP contribution in [0.5, 0.6) is 0 Å². The highest BCUT2D eigenvalue weighted by Gasteiger charge is 2.26. The Hall–Kier alpha value is -3.47. The van der Waals surface area contributed by atoms with E-state index in [2.05, 4.69) is 22.3 Å². The van der Waals surface area contributed by atoms with Gasteiger partial charge in [0.25, 0.3) is 10.1 Å². The maximum Gasteiger partial charge on any atom is 0.328 e. The highest BCUT2D eigenvalue weighted by molar-refractivity contribution is 7.86. The van der Waals surface area contributed by atoms with Crippen LogP contribution in [-0.4, -0.2) is 59.3 Å². The van der Waals surface area contributed by atoms with Crippen molar-refractivity contribution in [2.75, 3.05) is 42.6 Å². The quantitative estimate of drug-likeness (QED) is 0.342. The van der Waals surface area contributed by atoms with Gasteiger partial charge in [0.05, 0.1) is 29.9 Å². The van der Waals surface area contributed by atoms with Gasteiger partial charge in [-0.2, -0.15) is 8.42 Å². The van der Waals surface area contributed by atoms with E-state index in [0.717, 1.165) is 53.6 Å². The fourth-order valence-corrected chi connectivity index (χ4v) is 5.79. The van der Waals surface area contributed by atoms with Crippen LogP contribution in [0.25, 0.3) is 10.8 Å². The molecule has 0 unspecified atom stereocenters. The van der Waals surface area contributed by atoms with Crippen LogP contribution in [-0.2, 0) is 23.8 Å². The Morgan fingerprint density at radius 1 is 0.947 bits per heavy atom. The number of carbonyl (C=O) groups excluding carboxylic acids is 2. The van der Waals surface area contributed by atoms with E-state index in [1.165, 1.54) is 0 Å². The lowest BCUT2D eigenvalue weighted by molar-refractivity contribution is -0.120. The summed E-state index contributed by atoms with van der Waals surface area (Å²) in [7, 11) is -3.79. The summed E-state index contributed by atoms with van der Waals surface area (Å²) in [6.45, 7) is 4.08. The molecular formula is C28H31N3O6S. The summed E-state index contributed by atoms with van der Waals surface area (Å²) in [6, 6.07) is 18.2. The third kappa shape index (κ3) is 5.82. The average Bonchev–Trinajstić information content (AvgIpc) is 2.91. The number of ether oxygens (including phenoxy) is 1. The van der Waals surface area contributed by atoms with Crippen molar-refractivity contribution in [1.29, 1.82) is 0 Å². The lowest BCUT2D eigenvalue weighted by Gasteiger charge is -2.34. The van der Waals surface area contributed by atoms with Crippen molar-refractivity contribution < 1.29 is 26.9 Å². The second-order valence-corrected chi connectivity index (χ2v) is 11.2. The highest BCUT2D eigenvalue weighted by atomic mass is 32.2. The number of nitrogens with zero attached hydrogens (tertiary/aromatic N) is 2. The molecule has 2 heterocycles. The molecule has 38 heavy (non-hydrogen) atoms. The normalized spacial score (nSPS) is 17.2. The number of benzene rings is 3. The summed E-state index contributed by atoms with van der Waals surface area (Å²) < 4.78 is 35.7. The summed E-state index contributed by atoms with van der Waals surface area (Å²) in [4.78, 5) is 27.9. The third-order valence-corrected chi connectivity index (χ3v) is 8.30. The summed E-state index contributed by atoms with van der Waals surface area (Å²) in [5.41, 5.74) is 2.87. The molecule has 3 amide bonds. The van der Waals surface area contributed by atoms with Crippen LogP contribution in [0.2, 0.25) is 0 Å². The molecule has 0 atom stereocenters. The van der Waals surface area contributed by atoms with E-state index in [4.69, 9.17) is 8.92 Å². The molecule has 3 aromatic rings. The van der Waals surface area contributed by atoms with Crippen molar-refractivity contribution in [3.63, 3.8) is 0 Å². The van der Waals surface area contributed by atoms with Crippen LogP contribution in [0.4, 0.5) is 16.2 Å². The van der Waals surface area contributed by atoms with Crippen molar-refractivity contribution in [3.05, 3.63) is 66.2 Å². The molecule has 0 bridgehead atoms. The number of carbonyl (C=O) groups is 2. The van der Waals surface area contributed by atoms with Crippen molar-refractivity contribution in [3.8, 4) is 0 Å². The number of rotatable bonds is 8. The van der Waals surface area contributed by atoms with Crippen LogP contribution in [0.15, 0.2) is 65.6 Å². The van der Waals surface area contributed by atoms with Gasteiger partial charge >= 0.3 is 6.03 Å². The number of piperidine rings is 1. The number of fused-ring (bicyclic) bond motifs is 1. The molecule has 2 aliphatic rings. The Kier molecular flexibility index (Phi) is 7.64. The van der Waals surface area contributed by atoms with Crippen LogP contribution in [0, 0.1) is 6.92 Å². The zero-order valence-corrected chi connectivity index (χ0v) is 22.1. The minimum atomic E-state index is -3.79. The first-order chi connectivity index (χ1) is 18.3. The van der Waals surface area contributed by atoms with Crippen LogP contribution in [0.1, 0.15) is 24.8 Å². The molecule has 200 valence electrons. The number of hydrogen-bond acceptors (Lipinski definition) is 7. The van der Waals surface area contributed by atoms with Crippen molar-refractivity contribution in [2.24, 2.45) is 0 Å². The lowest BCUT2D eigenvalue weighted by atomic mass is 10.0. The first-order valence-corrected chi connectivity index (χ1v) is 14.2. The second kappa shape index (κ2) is 11.1. The Labute approximate surface area is 222 Å². The van der Waals surface area contributed by atoms with Crippen molar-refractivity contribution >= 4 is 44.2 Å². The Morgan fingerprint density at radius 3 is 2.45 bits per heavy atom. The highest BCUT2D eigenvalue weighted by Crippen LogP contribution is 2.32. The smallest absolute Gasteiger partial charge is 0.328 e. The number of urea groups is 1. The summed E-state index contributed by atoms with van der Waals surface area (Å²) in [5.74, 6) is -0.249. The predicted octanol–water partition coefficient (Wildman–Crippen LogP) is 3.99. The third-order valence-electron chi connectivity index (χ3n) is 6.98. The Bertz CT molecular complexity index is 1430. The molecule has 2 aliphatic heterocycles. The molecule has 1 N–H and O–H groups in total. The zero-order valence-electron chi connectivity index (χ0n) is 21.3. The minimum Gasteiger partial charge on any atom is -0.376 e. The van der Waals surface area contributed by atoms with Gasteiger partial charge in [0.1, 0.15) is 0 Å². The maximum absolute atomic E-state index is 12.3. The van der Waals surface area contributed by atoms with Gasteiger partial charge < -0.3 is 9.64 Å². The van der Waals surface area contributed by atoms with Crippen molar-refractivity contribution in [1.82, 2.24) is 5.32 Å². The molecule has 3 aromatic carbocycles. The molecule has 0 saturated carbocycles. The van der Waals surface area contributed by atoms with Gasteiger partial charge in [-0.05, 0) is 55.5 Å². The Balaban J connectivity index is 1.13. The van der Waals surface area contributed by atoms with Gasteiger partial charge in [-0.25, -0.2) is 4.79 Å². The van der Waals surface area contributed by atoms with E-state index in [1.54, 1.807) is 29.2 Å². The van der Waals surface area contributed by atoms with Gasteiger partial charge in [0.15, 0.2) is 0 Å². The fourth-order valence-electron chi connectivity index (χ4n) is 4.89. The molecule has 10 heteroatoms. The number of imide groups is 1. The van der Waals surface area contributed by atoms with E-state index in [-0.39, 0.29) is 36.5 Å². The SMILES string of the molecule is Cc1ccc(S(=O)(=O)OCCOC2CCN(c3ccc4c(N5CCC(=O)NC5=O)cccc4c3)CC2)cc1. The van der Waals surface area contributed by atoms with E-state index in [9.17, 15) is 18.0 Å². The summed E-state index contributed by atoms with van der Waals surface area (Å²) in [6.07, 6.45) is 1.98. The summed E-state index contributed by atoms with van der Waals surface area (Å²) >= 11 is 0. The fraction of sp³-hybridized carbons (Fsp3) is 0.357.